The number of rotatable bonds is 3. The molecule has 4 rings (SSSR count). The molecule has 0 saturated carbocycles. The molecule has 0 radical (unpaired) electrons. The van der Waals surface area contributed by atoms with Crippen molar-refractivity contribution in [2.24, 2.45) is 11.8 Å². The molecule has 2 aliphatic rings. The van der Waals surface area contributed by atoms with Crippen LogP contribution in [0.5, 0.6) is 0 Å². The van der Waals surface area contributed by atoms with Gasteiger partial charge in [0, 0.05) is 32.7 Å². The Kier molecular flexibility index (Phi) is 3.39. The van der Waals surface area contributed by atoms with E-state index < -0.39 is 0 Å². The number of anilines is 1. The van der Waals surface area contributed by atoms with Gasteiger partial charge in [-0.2, -0.15) is 0 Å². The average Bonchev–Trinajstić information content (AvgIpc) is 3.14. The van der Waals surface area contributed by atoms with Crippen molar-refractivity contribution in [3.8, 4) is 0 Å². The monoisotopic (exact) mass is 300 g/mol. The number of hydrogen-bond acceptors (Lipinski definition) is 5. The number of aryl methyl sites for hydroxylation is 1. The number of fused-ring (bicyclic) bond motifs is 1. The molecule has 2 fully saturated rings. The summed E-state index contributed by atoms with van der Waals surface area (Å²) in [5.41, 5.74) is 1.43. The first-order valence-corrected chi connectivity index (χ1v) is 8.41. The molecule has 0 bridgehead atoms. The molecule has 0 amide bonds. The van der Waals surface area contributed by atoms with E-state index >= 15 is 0 Å². The zero-order valence-electron chi connectivity index (χ0n) is 12.3. The topological polar surface area (TPSA) is 32.3 Å². The highest BCUT2D eigenvalue weighted by atomic mass is 32.1. The maximum absolute atomic E-state index is 4.29. The zero-order chi connectivity index (χ0) is 14.2. The maximum Gasteiger partial charge on any atom is 0.208 e. The summed E-state index contributed by atoms with van der Waals surface area (Å²) in [6.07, 6.45) is 0. The average molecular weight is 300 g/mol. The molecule has 0 spiro atoms. The molecule has 1 aromatic carbocycles. The molecule has 4 nitrogen and oxygen atoms in total. The van der Waals surface area contributed by atoms with E-state index in [0.29, 0.717) is 0 Å². The van der Waals surface area contributed by atoms with E-state index in [-0.39, 0.29) is 0 Å². The molecule has 2 aliphatic heterocycles. The minimum absolute atomic E-state index is 0.790. The lowest BCUT2D eigenvalue weighted by molar-refractivity contribution is 0.309. The Morgan fingerprint density at radius 3 is 2.38 bits per heavy atom. The van der Waals surface area contributed by atoms with E-state index in [9.17, 15) is 0 Å². The number of hydrogen-bond donors (Lipinski definition) is 0. The Bertz CT molecular complexity index is 598. The summed E-state index contributed by atoms with van der Waals surface area (Å²) >= 11 is 1.72. The third-order valence-corrected chi connectivity index (χ3v) is 5.50. The standard InChI is InChI=1S/C16H20N4S/c1-12-17-18-16(21-12)20-10-14-8-19(9-15(14)11-20)7-13-5-3-2-4-6-13/h2-6,14-15H,7-11H2,1H3/t14-,15+. The fourth-order valence-corrected chi connectivity index (χ4v) is 4.34. The third-order valence-electron chi connectivity index (χ3n) is 4.60. The first kappa shape index (κ1) is 13.2. The zero-order valence-corrected chi connectivity index (χ0v) is 13.1. The SMILES string of the molecule is Cc1nnc(N2C[C@H]3CN(Cc4ccccc4)C[C@H]3C2)s1. The second kappa shape index (κ2) is 5.39. The predicted molar refractivity (Wildman–Crippen MR) is 85.6 cm³/mol. The second-order valence-corrected chi connectivity index (χ2v) is 7.37. The van der Waals surface area contributed by atoms with Gasteiger partial charge in [-0.15, -0.1) is 10.2 Å². The van der Waals surface area contributed by atoms with Gasteiger partial charge in [0.2, 0.25) is 5.13 Å². The van der Waals surface area contributed by atoms with Crippen LogP contribution in [0.4, 0.5) is 5.13 Å². The van der Waals surface area contributed by atoms with Gasteiger partial charge in [-0.05, 0) is 24.3 Å². The fourth-order valence-electron chi connectivity index (χ4n) is 3.63. The third kappa shape index (κ3) is 2.68. The Morgan fingerprint density at radius 2 is 1.76 bits per heavy atom. The largest absolute Gasteiger partial charge is 0.346 e. The number of nitrogens with zero attached hydrogens (tertiary/aromatic N) is 4. The summed E-state index contributed by atoms with van der Waals surface area (Å²) in [4.78, 5) is 5.03. The quantitative estimate of drug-likeness (QED) is 0.871. The molecule has 0 N–H and O–H groups in total. The van der Waals surface area contributed by atoms with E-state index in [4.69, 9.17) is 0 Å². The van der Waals surface area contributed by atoms with Crippen LogP contribution in [0.1, 0.15) is 10.6 Å². The Labute approximate surface area is 129 Å². The minimum Gasteiger partial charge on any atom is -0.346 e. The Hall–Kier alpha value is -1.46. The molecule has 3 heterocycles. The molecule has 110 valence electrons. The Morgan fingerprint density at radius 1 is 1.05 bits per heavy atom. The summed E-state index contributed by atoms with van der Waals surface area (Å²) in [5, 5.41) is 10.6. The van der Waals surface area contributed by atoms with Crippen molar-refractivity contribution in [3.05, 3.63) is 40.9 Å². The Balaban J connectivity index is 1.37. The number of aromatic nitrogens is 2. The maximum atomic E-state index is 4.29. The van der Waals surface area contributed by atoms with Crippen LogP contribution in [-0.2, 0) is 6.54 Å². The van der Waals surface area contributed by atoms with Crippen LogP contribution in [-0.4, -0.2) is 41.3 Å². The van der Waals surface area contributed by atoms with Gasteiger partial charge in [0.25, 0.3) is 0 Å². The molecule has 0 unspecified atom stereocenters. The van der Waals surface area contributed by atoms with Crippen molar-refractivity contribution in [1.29, 1.82) is 0 Å². The highest BCUT2D eigenvalue weighted by molar-refractivity contribution is 7.15. The van der Waals surface area contributed by atoms with E-state index in [1.165, 1.54) is 18.7 Å². The number of benzene rings is 1. The summed E-state index contributed by atoms with van der Waals surface area (Å²) in [6, 6.07) is 10.8. The first-order chi connectivity index (χ1) is 10.3. The van der Waals surface area contributed by atoms with Crippen LogP contribution in [0.25, 0.3) is 0 Å². The second-order valence-electron chi connectivity index (χ2n) is 6.21. The van der Waals surface area contributed by atoms with Gasteiger partial charge >= 0.3 is 0 Å². The van der Waals surface area contributed by atoms with Gasteiger partial charge in [-0.1, -0.05) is 41.7 Å². The normalized spacial score (nSPS) is 25.5. The van der Waals surface area contributed by atoms with Crippen molar-refractivity contribution in [2.75, 3.05) is 31.1 Å². The molecule has 0 aliphatic carbocycles. The van der Waals surface area contributed by atoms with Gasteiger partial charge < -0.3 is 4.90 Å². The summed E-state index contributed by atoms with van der Waals surface area (Å²) < 4.78 is 0. The lowest BCUT2D eigenvalue weighted by Crippen LogP contribution is -2.28. The lowest BCUT2D eigenvalue weighted by Gasteiger charge is -2.20. The smallest absolute Gasteiger partial charge is 0.208 e. The fraction of sp³-hybridized carbons (Fsp3) is 0.500. The van der Waals surface area contributed by atoms with Crippen molar-refractivity contribution in [1.82, 2.24) is 15.1 Å². The first-order valence-electron chi connectivity index (χ1n) is 7.59. The molecule has 5 heteroatoms. The van der Waals surface area contributed by atoms with Crippen molar-refractivity contribution >= 4 is 16.5 Å². The van der Waals surface area contributed by atoms with E-state index in [1.807, 2.05) is 6.92 Å². The molecule has 2 saturated heterocycles. The van der Waals surface area contributed by atoms with Crippen molar-refractivity contribution in [2.45, 2.75) is 13.5 Å². The van der Waals surface area contributed by atoms with Crippen LogP contribution >= 0.6 is 11.3 Å². The molecule has 21 heavy (non-hydrogen) atoms. The van der Waals surface area contributed by atoms with Crippen LogP contribution in [0.2, 0.25) is 0 Å². The van der Waals surface area contributed by atoms with E-state index in [1.54, 1.807) is 11.3 Å². The van der Waals surface area contributed by atoms with Crippen LogP contribution in [0.15, 0.2) is 30.3 Å². The molecular weight excluding hydrogens is 280 g/mol. The summed E-state index contributed by atoms with van der Waals surface area (Å²) in [6.45, 7) is 7.84. The van der Waals surface area contributed by atoms with Gasteiger partial charge in [0.1, 0.15) is 5.01 Å². The van der Waals surface area contributed by atoms with E-state index in [2.05, 4.69) is 50.3 Å². The summed E-state index contributed by atoms with van der Waals surface area (Å²) in [7, 11) is 0. The molecule has 2 atom stereocenters. The van der Waals surface area contributed by atoms with Crippen LogP contribution < -0.4 is 4.90 Å². The van der Waals surface area contributed by atoms with Crippen molar-refractivity contribution in [3.63, 3.8) is 0 Å². The van der Waals surface area contributed by atoms with E-state index in [0.717, 1.165) is 41.6 Å². The van der Waals surface area contributed by atoms with Gasteiger partial charge in [0.15, 0.2) is 0 Å². The highest BCUT2D eigenvalue weighted by Gasteiger charge is 2.40. The molecule has 2 aromatic rings. The minimum atomic E-state index is 0.790. The predicted octanol–water partition coefficient (Wildman–Crippen LogP) is 2.41. The van der Waals surface area contributed by atoms with Crippen molar-refractivity contribution < 1.29 is 0 Å². The molecular formula is C16H20N4S. The summed E-state index contributed by atoms with van der Waals surface area (Å²) in [5.74, 6) is 1.58. The van der Waals surface area contributed by atoms with Gasteiger partial charge in [0.05, 0.1) is 0 Å². The molecule has 1 aromatic heterocycles. The number of likely N-dealkylation sites (tertiary alicyclic amines) is 1. The highest BCUT2D eigenvalue weighted by Crippen LogP contribution is 2.35. The van der Waals surface area contributed by atoms with Gasteiger partial charge in [-0.25, -0.2) is 0 Å². The van der Waals surface area contributed by atoms with Crippen LogP contribution in [0, 0.1) is 18.8 Å². The van der Waals surface area contributed by atoms with Crippen LogP contribution in [0.3, 0.4) is 0 Å². The van der Waals surface area contributed by atoms with Gasteiger partial charge in [-0.3, -0.25) is 4.90 Å². The lowest BCUT2D eigenvalue weighted by atomic mass is 10.0.